The summed E-state index contributed by atoms with van der Waals surface area (Å²) in [6.45, 7) is 1.24. The summed E-state index contributed by atoms with van der Waals surface area (Å²) in [5.74, 6) is -0.504. The molecule has 0 saturated carbocycles. The molecule has 1 heterocycles. The van der Waals surface area contributed by atoms with Crippen LogP contribution in [-0.2, 0) is 4.74 Å². The van der Waals surface area contributed by atoms with Crippen molar-refractivity contribution < 1.29 is 13.9 Å². The van der Waals surface area contributed by atoms with Crippen LogP contribution in [0.5, 0.6) is 0 Å². The summed E-state index contributed by atoms with van der Waals surface area (Å²) in [6.07, 6.45) is 0.279. The number of ether oxygens (including phenoxy) is 1. The number of benzene rings is 1. The summed E-state index contributed by atoms with van der Waals surface area (Å²) in [5, 5.41) is 2.71. The molecule has 7 heteroatoms. The molecule has 5 nitrogen and oxygen atoms in total. The van der Waals surface area contributed by atoms with Gasteiger partial charge in [0.1, 0.15) is 5.82 Å². The van der Waals surface area contributed by atoms with Crippen molar-refractivity contribution in [3.05, 3.63) is 23.0 Å². The van der Waals surface area contributed by atoms with Crippen molar-refractivity contribution >= 4 is 29.1 Å². The number of methoxy groups -OCH3 is 1. The molecule has 1 aliphatic heterocycles. The van der Waals surface area contributed by atoms with Crippen LogP contribution in [0.3, 0.4) is 0 Å². The van der Waals surface area contributed by atoms with Gasteiger partial charge in [-0.05, 0) is 12.5 Å². The van der Waals surface area contributed by atoms with Crippen LogP contribution < -0.4 is 16.0 Å². The van der Waals surface area contributed by atoms with E-state index in [9.17, 15) is 9.18 Å². The second-order valence-electron chi connectivity index (χ2n) is 4.39. The first-order valence-electron chi connectivity index (χ1n) is 5.85. The third-order valence-corrected chi connectivity index (χ3v) is 3.40. The fourth-order valence-corrected chi connectivity index (χ4v) is 2.32. The highest BCUT2D eigenvalue weighted by molar-refractivity contribution is 6.31. The molecule has 2 rings (SSSR count). The van der Waals surface area contributed by atoms with Gasteiger partial charge in [-0.3, -0.25) is 0 Å². The summed E-state index contributed by atoms with van der Waals surface area (Å²) in [6, 6.07) is 2.68. The lowest BCUT2D eigenvalue weighted by Crippen LogP contribution is -2.37. The highest BCUT2D eigenvalue weighted by Gasteiger charge is 2.26. The minimum absolute atomic E-state index is 0.00434. The Morgan fingerprint density at radius 1 is 1.63 bits per heavy atom. The molecule has 1 aliphatic rings. The Morgan fingerprint density at radius 2 is 2.37 bits per heavy atom. The van der Waals surface area contributed by atoms with Crippen LogP contribution in [0.1, 0.15) is 6.42 Å². The summed E-state index contributed by atoms with van der Waals surface area (Å²) >= 11 is 5.66. The van der Waals surface area contributed by atoms with Gasteiger partial charge in [-0.15, -0.1) is 0 Å². The molecule has 1 aromatic rings. The second kappa shape index (κ2) is 5.52. The van der Waals surface area contributed by atoms with Gasteiger partial charge < -0.3 is 20.7 Å². The number of carbonyl (C=O) groups excluding carboxylic acids is 1. The molecule has 104 valence electrons. The molecule has 19 heavy (non-hydrogen) atoms. The Morgan fingerprint density at radius 3 is 3.05 bits per heavy atom. The number of halogens is 2. The smallest absolute Gasteiger partial charge is 0.407 e. The van der Waals surface area contributed by atoms with E-state index in [0.29, 0.717) is 24.5 Å². The van der Waals surface area contributed by atoms with Crippen LogP contribution in [0.15, 0.2) is 12.1 Å². The van der Waals surface area contributed by atoms with E-state index >= 15 is 0 Å². The maximum Gasteiger partial charge on any atom is 0.407 e. The van der Waals surface area contributed by atoms with Crippen LogP contribution in [0.25, 0.3) is 0 Å². The van der Waals surface area contributed by atoms with E-state index < -0.39 is 11.9 Å². The van der Waals surface area contributed by atoms with Gasteiger partial charge in [0.2, 0.25) is 0 Å². The maximum absolute atomic E-state index is 13.5. The van der Waals surface area contributed by atoms with Gasteiger partial charge in [-0.25, -0.2) is 9.18 Å². The summed E-state index contributed by atoms with van der Waals surface area (Å²) in [5.41, 5.74) is 6.85. The number of nitrogens with zero attached hydrogens (tertiary/aromatic N) is 1. The summed E-state index contributed by atoms with van der Waals surface area (Å²) in [7, 11) is 1.31. The Hall–Kier alpha value is -1.69. The molecule has 1 amide bonds. The molecule has 3 N–H and O–H groups in total. The zero-order valence-corrected chi connectivity index (χ0v) is 11.2. The number of hydrogen-bond donors (Lipinski definition) is 2. The quantitative estimate of drug-likeness (QED) is 0.817. The van der Waals surface area contributed by atoms with E-state index in [2.05, 4.69) is 10.1 Å². The fraction of sp³-hybridized carbons (Fsp3) is 0.417. The van der Waals surface area contributed by atoms with Crippen molar-refractivity contribution in [1.29, 1.82) is 0 Å². The highest BCUT2D eigenvalue weighted by Crippen LogP contribution is 2.31. The van der Waals surface area contributed by atoms with E-state index in [-0.39, 0.29) is 11.1 Å². The van der Waals surface area contributed by atoms with Gasteiger partial charge in [0, 0.05) is 19.2 Å². The van der Waals surface area contributed by atoms with E-state index in [1.807, 2.05) is 4.90 Å². The Bertz CT molecular complexity index is 498. The molecule has 0 aromatic heterocycles. The van der Waals surface area contributed by atoms with E-state index in [1.54, 1.807) is 0 Å². The van der Waals surface area contributed by atoms with Gasteiger partial charge in [-0.1, -0.05) is 11.6 Å². The van der Waals surface area contributed by atoms with E-state index in [1.165, 1.54) is 19.2 Å². The first-order chi connectivity index (χ1) is 9.01. The molecule has 1 unspecified atom stereocenters. The van der Waals surface area contributed by atoms with Gasteiger partial charge in [0.05, 0.1) is 29.5 Å². The Balaban J connectivity index is 2.08. The molecule has 0 aliphatic carbocycles. The minimum Gasteiger partial charge on any atom is -0.453 e. The largest absolute Gasteiger partial charge is 0.453 e. The number of nitrogens with two attached hydrogens (primary N) is 1. The normalized spacial score (nSPS) is 18.5. The van der Waals surface area contributed by atoms with Crippen molar-refractivity contribution in [1.82, 2.24) is 5.32 Å². The van der Waals surface area contributed by atoms with Crippen LogP contribution in [0, 0.1) is 5.82 Å². The van der Waals surface area contributed by atoms with Crippen molar-refractivity contribution in [2.24, 2.45) is 0 Å². The van der Waals surface area contributed by atoms with Gasteiger partial charge in [-0.2, -0.15) is 0 Å². The number of rotatable bonds is 2. The molecule has 0 radical (unpaired) electrons. The first kappa shape index (κ1) is 13.7. The first-order valence-corrected chi connectivity index (χ1v) is 6.23. The van der Waals surface area contributed by atoms with E-state index in [0.717, 1.165) is 6.42 Å². The zero-order chi connectivity index (χ0) is 14.0. The van der Waals surface area contributed by atoms with Crippen LogP contribution in [-0.4, -0.2) is 32.3 Å². The van der Waals surface area contributed by atoms with Crippen LogP contribution >= 0.6 is 11.6 Å². The number of hydrogen-bond acceptors (Lipinski definition) is 4. The average molecular weight is 288 g/mol. The summed E-state index contributed by atoms with van der Waals surface area (Å²) < 4.78 is 18.0. The molecule has 0 bridgehead atoms. The van der Waals surface area contributed by atoms with Crippen LogP contribution in [0.4, 0.5) is 20.6 Å². The van der Waals surface area contributed by atoms with Gasteiger partial charge >= 0.3 is 6.09 Å². The average Bonchev–Trinajstić information content (AvgIpc) is 2.82. The molecular weight excluding hydrogens is 273 g/mol. The number of alkyl carbamates (subject to hydrolysis) is 1. The molecular formula is C12H15ClFN3O2. The SMILES string of the molecule is COC(=O)NC1CCN(c2cc(F)c(Cl)cc2N)C1. The molecule has 1 atom stereocenters. The number of carbonyl (C=O) groups is 1. The van der Waals surface area contributed by atoms with E-state index in [4.69, 9.17) is 17.3 Å². The predicted molar refractivity (Wildman–Crippen MR) is 72.0 cm³/mol. The van der Waals surface area contributed by atoms with Gasteiger partial charge in [0.25, 0.3) is 0 Å². The Labute approximate surface area is 115 Å². The third-order valence-electron chi connectivity index (χ3n) is 3.11. The van der Waals surface area contributed by atoms with Crippen molar-refractivity contribution in [3.63, 3.8) is 0 Å². The molecule has 1 saturated heterocycles. The number of nitrogens with one attached hydrogen (secondary N) is 1. The van der Waals surface area contributed by atoms with Crippen molar-refractivity contribution in [2.45, 2.75) is 12.5 Å². The zero-order valence-electron chi connectivity index (χ0n) is 10.5. The van der Waals surface area contributed by atoms with Crippen molar-refractivity contribution in [3.8, 4) is 0 Å². The number of nitrogen functional groups attached to an aromatic ring is 1. The predicted octanol–water partition coefficient (Wildman–Crippen LogP) is 2.00. The fourth-order valence-electron chi connectivity index (χ4n) is 2.15. The minimum atomic E-state index is -0.504. The molecule has 1 fully saturated rings. The standard InChI is InChI=1S/C12H15ClFN3O2/c1-19-12(18)16-7-2-3-17(6-7)11-5-9(14)8(13)4-10(11)15/h4-5,7H,2-3,6,15H2,1H3,(H,16,18). The number of anilines is 2. The van der Waals surface area contributed by atoms with Crippen LogP contribution in [0.2, 0.25) is 5.02 Å². The van der Waals surface area contributed by atoms with Crippen molar-refractivity contribution in [2.75, 3.05) is 30.8 Å². The topological polar surface area (TPSA) is 67.6 Å². The number of amides is 1. The monoisotopic (exact) mass is 287 g/mol. The van der Waals surface area contributed by atoms with Gasteiger partial charge in [0.15, 0.2) is 0 Å². The maximum atomic E-state index is 13.5. The Kier molecular flexibility index (Phi) is 3.99. The lowest BCUT2D eigenvalue weighted by molar-refractivity contribution is 0.167. The lowest BCUT2D eigenvalue weighted by Gasteiger charge is -2.21. The third kappa shape index (κ3) is 3.01. The summed E-state index contributed by atoms with van der Waals surface area (Å²) in [4.78, 5) is 13.0. The lowest BCUT2D eigenvalue weighted by atomic mass is 10.2. The second-order valence-corrected chi connectivity index (χ2v) is 4.80. The highest BCUT2D eigenvalue weighted by atomic mass is 35.5. The molecule has 1 aromatic carbocycles. The molecule has 0 spiro atoms.